The molecule has 1 aromatic carbocycles. The van der Waals surface area contributed by atoms with Gasteiger partial charge in [0, 0.05) is 63.5 Å². The molecule has 0 atom stereocenters. The topological polar surface area (TPSA) is 114 Å². The van der Waals surface area contributed by atoms with Gasteiger partial charge in [0.1, 0.15) is 0 Å². The summed E-state index contributed by atoms with van der Waals surface area (Å²) in [7, 11) is -1.93. The molecule has 1 fully saturated rings. The van der Waals surface area contributed by atoms with Gasteiger partial charge in [-0.3, -0.25) is 19.7 Å². The van der Waals surface area contributed by atoms with E-state index in [9.17, 15) is 18.5 Å². The van der Waals surface area contributed by atoms with Gasteiger partial charge in [-0.1, -0.05) is 6.07 Å². The SMILES string of the molecule is Cc1ccc([N+](=O)[O-])cc1S(=O)(=O)N1CCN(Cc2cnc3c(c2)c(C)nn3C)CC1. The molecule has 0 unspecified atom stereocenters. The van der Waals surface area contributed by atoms with Crippen LogP contribution < -0.4 is 0 Å². The van der Waals surface area contributed by atoms with Crippen molar-refractivity contribution in [3.8, 4) is 0 Å². The van der Waals surface area contributed by atoms with Gasteiger partial charge >= 0.3 is 0 Å². The van der Waals surface area contributed by atoms with Gasteiger partial charge in [-0.05, 0) is 31.0 Å². The molecule has 1 aliphatic rings. The molecule has 3 aromatic rings. The maximum atomic E-state index is 13.1. The van der Waals surface area contributed by atoms with Crippen LogP contribution in [0.4, 0.5) is 5.69 Å². The van der Waals surface area contributed by atoms with Crippen LogP contribution in [0.25, 0.3) is 11.0 Å². The second-order valence-electron chi connectivity index (χ2n) is 7.81. The summed E-state index contributed by atoms with van der Waals surface area (Å²) in [5.41, 5.74) is 3.09. The van der Waals surface area contributed by atoms with Crippen molar-refractivity contribution in [1.82, 2.24) is 24.0 Å². The van der Waals surface area contributed by atoms with Crippen molar-refractivity contribution >= 4 is 26.7 Å². The van der Waals surface area contributed by atoms with Crippen molar-refractivity contribution in [2.75, 3.05) is 26.2 Å². The predicted octanol–water partition coefficient (Wildman–Crippen LogP) is 2.00. The lowest BCUT2D eigenvalue weighted by molar-refractivity contribution is -0.385. The molecule has 3 heterocycles. The summed E-state index contributed by atoms with van der Waals surface area (Å²) in [6.45, 7) is 6.05. The minimum atomic E-state index is -3.80. The van der Waals surface area contributed by atoms with Crippen LogP contribution in [0.2, 0.25) is 0 Å². The number of aryl methyl sites for hydroxylation is 3. The van der Waals surface area contributed by atoms with Crippen molar-refractivity contribution < 1.29 is 13.3 Å². The first-order valence-corrected chi connectivity index (χ1v) is 11.4. The molecule has 0 bridgehead atoms. The maximum Gasteiger partial charge on any atom is 0.270 e. The van der Waals surface area contributed by atoms with Crippen LogP contribution in [0, 0.1) is 24.0 Å². The van der Waals surface area contributed by atoms with E-state index in [4.69, 9.17) is 0 Å². The Balaban J connectivity index is 1.47. The zero-order valence-electron chi connectivity index (χ0n) is 17.6. The fourth-order valence-electron chi connectivity index (χ4n) is 3.94. The third kappa shape index (κ3) is 4.03. The Morgan fingerprint density at radius 1 is 1.13 bits per heavy atom. The van der Waals surface area contributed by atoms with E-state index in [0.717, 1.165) is 28.4 Å². The molecule has 1 aliphatic heterocycles. The second kappa shape index (κ2) is 7.98. The fourth-order valence-corrected chi connectivity index (χ4v) is 5.61. The van der Waals surface area contributed by atoms with Gasteiger partial charge in [-0.25, -0.2) is 13.4 Å². The van der Waals surface area contributed by atoms with E-state index in [1.54, 1.807) is 11.6 Å². The average Bonchev–Trinajstić information content (AvgIpc) is 3.01. The number of fused-ring (bicyclic) bond motifs is 1. The Kier molecular flexibility index (Phi) is 5.50. The summed E-state index contributed by atoms with van der Waals surface area (Å²) in [6, 6.07) is 6.03. The van der Waals surface area contributed by atoms with Crippen molar-refractivity contribution in [1.29, 1.82) is 0 Å². The summed E-state index contributed by atoms with van der Waals surface area (Å²) in [5.74, 6) is 0. The molecule has 31 heavy (non-hydrogen) atoms. The maximum absolute atomic E-state index is 13.1. The Morgan fingerprint density at radius 2 is 1.84 bits per heavy atom. The lowest BCUT2D eigenvalue weighted by atomic mass is 10.2. The van der Waals surface area contributed by atoms with E-state index in [-0.39, 0.29) is 10.6 Å². The van der Waals surface area contributed by atoms with E-state index in [1.807, 2.05) is 20.2 Å². The first-order valence-electron chi connectivity index (χ1n) is 9.92. The number of pyridine rings is 1. The minimum Gasteiger partial charge on any atom is -0.296 e. The van der Waals surface area contributed by atoms with Crippen LogP contribution >= 0.6 is 0 Å². The van der Waals surface area contributed by atoms with Gasteiger partial charge in [-0.2, -0.15) is 9.40 Å². The standard InChI is InChI=1S/C20H24N6O4S/c1-14-4-5-17(26(27)28)11-19(14)31(29,30)25-8-6-24(7-9-25)13-16-10-18-15(2)22-23(3)20(18)21-12-16/h4-5,10-12H,6-9,13H2,1-3H3. The molecule has 4 rings (SSSR count). The molecule has 0 saturated carbocycles. The number of nitro groups is 1. The van der Waals surface area contributed by atoms with Crippen LogP contribution in [0.5, 0.6) is 0 Å². The summed E-state index contributed by atoms with van der Waals surface area (Å²) < 4.78 is 29.4. The summed E-state index contributed by atoms with van der Waals surface area (Å²) >= 11 is 0. The molecule has 164 valence electrons. The van der Waals surface area contributed by atoms with Crippen molar-refractivity contribution in [3.63, 3.8) is 0 Å². The molecule has 0 aliphatic carbocycles. The third-order valence-corrected chi connectivity index (χ3v) is 7.70. The lowest BCUT2D eigenvalue weighted by Gasteiger charge is -2.34. The quantitative estimate of drug-likeness (QED) is 0.437. The number of nitrogens with zero attached hydrogens (tertiary/aromatic N) is 6. The number of non-ortho nitro benzene ring substituents is 1. The number of nitro benzene ring substituents is 1. The molecule has 0 spiro atoms. The van der Waals surface area contributed by atoms with E-state index in [1.165, 1.54) is 16.4 Å². The molecular formula is C20H24N6O4S. The molecule has 1 saturated heterocycles. The highest BCUT2D eigenvalue weighted by atomic mass is 32.2. The monoisotopic (exact) mass is 444 g/mol. The smallest absolute Gasteiger partial charge is 0.270 e. The van der Waals surface area contributed by atoms with Gasteiger partial charge in [0.2, 0.25) is 10.0 Å². The first kappa shape index (κ1) is 21.3. The van der Waals surface area contributed by atoms with Gasteiger partial charge in [0.25, 0.3) is 5.69 Å². The summed E-state index contributed by atoms with van der Waals surface area (Å²) in [4.78, 5) is 17.2. The van der Waals surface area contributed by atoms with Gasteiger partial charge in [-0.15, -0.1) is 0 Å². The summed E-state index contributed by atoms with van der Waals surface area (Å²) in [6.07, 6.45) is 1.83. The first-order chi connectivity index (χ1) is 14.7. The Bertz CT molecular complexity index is 1260. The highest BCUT2D eigenvalue weighted by Crippen LogP contribution is 2.26. The van der Waals surface area contributed by atoms with Crippen molar-refractivity contribution in [2.24, 2.45) is 7.05 Å². The average molecular weight is 445 g/mol. The lowest BCUT2D eigenvalue weighted by Crippen LogP contribution is -2.48. The highest BCUT2D eigenvalue weighted by Gasteiger charge is 2.31. The Labute approximate surface area is 180 Å². The van der Waals surface area contributed by atoms with Crippen molar-refractivity contribution in [2.45, 2.75) is 25.3 Å². The number of hydrogen-bond donors (Lipinski definition) is 0. The molecule has 0 N–H and O–H groups in total. The Hall–Kier alpha value is -2.89. The van der Waals surface area contributed by atoms with E-state index in [0.29, 0.717) is 38.3 Å². The number of hydrogen-bond acceptors (Lipinski definition) is 7. The van der Waals surface area contributed by atoms with Gasteiger partial charge in [0.05, 0.1) is 15.5 Å². The van der Waals surface area contributed by atoms with Crippen LogP contribution in [0.15, 0.2) is 35.4 Å². The molecule has 2 aromatic heterocycles. The van der Waals surface area contributed by atoms with E-state index >= 15 is 0 Å². The molecule has 11 heteroatoms. The van der Waals surface area contributed by atoms with Crippen LogP contribution in [-0.4, -0.2) is 63.5 Å². The Morgan fingerprint density at radius 3 is 2.52 bits per heavy atom. The number of piperazine rings is 1. The largest absolute Gasteiger partial charge is 0.296 e. The van der Waals surface area contributed by atoms with Crippen molar-refractivity contribution in [3.05, 3.63) is 57.4 Å². The molecule has 0 amide bonds. The van der Waals surface area contributed by atoms with Gasteiger partial charge < -0.3 is 0 Å². The highest BCUT2D eigenvalue weighted by molar-refractivity contribution is 7.89. The number of aromatic nitrogens is 3. The van der Waals surface area contributed by atoms with Crippen LogP contribution in [0.1, 0.15) is 16.8 Å². The minimum absolute atomic E-state index is 0.00291. The van der Waals surface area contributed by atoms with Crippen LogP contribution in [-0.2, 0) is 23.6 Å². The number of benzene rings is 1. The number of sulfonamides is 1. The van der Waals surface area contributed by atoms with Gasteiger partial charge in [0.15, 0.2) is 5.65 Å². The molecule has 0 radical (unpaired) electrons. The fraction of sp³-hybridized carbons (Fsp3) is 0.400. The molecular weight excluding hydrogens is 420 g/mol. The van der Waals surface area contributed by atoms with Crippen LogP contribution in [0.3, 0.4) is 0 Å². The van der Waals surface area contributed by atoms with E-state index in [2.05, 4.69) is 21.0 Å². The summed E-state index contributed by atoms with van der Waals surface area (Å²) in [5, 5.41) is 16.5. The zero-order valence-corrected chi connectivity index (χ0v) is 18.5. The predicted molar refractivity (Wildman–Crippen MR) is 115 cm³/mol. The number of rotatable bonds is 5. The zero-order chi connectivity index (χ0) is 22.3. The molecule has 10 nitrogen and oxygen atoms in total. The van der Waals surface area contributed by atoms with E-state index < -0.39 is 14.9 Å². The second-order valence-corrected chi connectivity index (χ2v) is 9.72. The third-order valence-electron chi connectivity index (χ3n) is 5.66. The normalized spacial score (nSPS) is 16.1.